The monoisotopic (exact) mass is 638 g/mol. The van der Waals surface area contributed by atoms with E-state index in [0.29, 0.717) is 56.1 Å². The second-order valence-electron chi connectivity index (χ2n) is 10.7. The molecule has 13 heteroatoms. The molecule has 1 saturated heterocycles. The number of phosphoric acid groups is 1. The molecule has 3 aromatic carbocycles. The molecule has 3 aromatic rings. The second kappa shape index (κ2) is 15.3. The van der Waals surface area contributed by atoms with Crippen LogP contribution in [0.2, 0.25) is 0 Å². The SMILES string of the molecule is CC(=O)NCC1CC(c2ccc(N3CCN(C(=O)COP(=O)(OCc4ccccc4)OCc4ccccc4)CC3)c(F)c2)=NO1. The largest absolute Gasteiger partial charge is 0.475 e. The zero-order chi connectivity index (χ0) is 31.6. The molecule has 0 aliphatic carbocycles. The Bertz CT molecular complexity index is 1490. The molecule has 5 rings (SSSR count). The molecular formula is C32H36FN4O7P. The molecule has 238 valence electrons. The molecular weight excluding hydrogens is 602 g/mol. The molecule has 2 amide bonds. The average molecular weight is 639 g/mol. The smallest absolute Gasteiger partial charge is 0.390 e. The number of carbonyl (C=O) groups is 2. The van der Waals surface area contributed by atoms with Gasteiger partial charge in [0.25, 0.3) is 0 Å². The quantitative estimate of drug-likeness (QED) is 0.269. The summed E-state index contributed by atoms with van der Waals surface area (Å²) >= 11 is 0. The zero-order valence-electron chi connectivity index (χ0n) is 25.0. The van der Waals surface area contributed by atoms with Crippen LogP contribution in [0.15, 0.2) is 84.0 Å². The summed E-state index contributed by atoms with van der Waals surface area (Å²) < 4.78 is 45.4. The van der Waals surface area contributed by atoms with Gasteiger partial charge in [0, 0.05) is 45.1 Å². The molecule has 0 saturated carbocycles. The van der Waals surface area contributed by atoms with E-state index in [1.54, 1.807) is 17.0 Å². The van der Waals surface area contributed by atoms with Crippen LogP contribution in [0.1, 0.15) is 30.0 Å². The van der Waals surface area contributed by atoms with Gasteiger partial charge in [-0.2, -0.15) is 0 Å². The van der Waals surface area contributed by atoms with Gasteiger partial charge >= 0.3 is 7.82 Å². The number of amides is 2. The fourth-order valence-electron chi connectivity index (χ4n) is 4.90. The molecule has 0 aromatic heterocycles. The molecule has 0 radical (unpaired) electrons. The number of piperazine rings is 1. The lowest BCUT2D eigenvalue weighted by Crippen LogP contribution is -2.50. The highest BCUT2D eigenvalue weighted by Crippen LogP contribution is 2.51. The van der Waals surface area contributed by atoms with Crippen molar-refractivity contribution in [2.24, 2.45) is 5.16 Å². The van der Waals surface area contributed by atoms with Gasteiger partial charge in [0.05, 0.1) is 31.2 Å². The maximum absolute atomic E-state index is 15.2. The molecule has 0 spiro atoms. The van der Waals surface area contributed by atoms with Gasteiger partial charge in [-0.05, 0) is 23.3 Å². The van der Waals surface area contributed by atoms with Crippen molar-refractivity contribution in [3.8, 4) is 0 Å². The Morgan fingerprint density at radius 3 is 2.13 bits per heavy atom. The van der Waals surface area contributed by atoms with E-state index < -0.39 is 20.2 Å². The van der Waals surface area contributed by atoms with Crippen molar-refractivity contribution in [3.05, 3.63) is 101 Å². The summed E-state index contributed by atoms with van der Waals surface area (Å²) in [6.07, 6.45) is 0.171. The van der Waals surface area contributed by atoms with Crippen LogP contribution >= 0.6 is 7.82 Å². The number of benzene rings is 3. The summed E-state index contributed by atoms with van der Waals surface area (Å²) in [5.41, 5.74) is 3.21. The van der Waals surface area contributed by atoms with Crippen LogP contribution in [0.3, 0.4) is 0 Å². The van der Waals surface area contributed by atoms with E-state index in [2.05, 4.69) is 10.5 Å². The number of phosphoric ester groups is 1. The summed E-state index contributed by atoms with van der Waals surface area (Å²) in [7, 11) is -4.09. The molecule has 1 fully saturated rings. The minimum absolute atomic E-state index is 0.0118. The first-order chi connectivity index (χ1) is 21.8. The first-order valence-corrected chi connectivity index (χ1v) is 16.2. The summed E-state index contributed by atoms with van der Waals surface area (Å²) in [5.74, 6) is -0.932. The van der Waals surface area contributed by atoms with Crippen molar-refractivity contribution in [2.45, 2.75) is 32.7 Å². The van der Waals surface area contributed by atoms with Crippen LogP contribution in [0.25, 0.3) is 0 Å². The lowest BCUT2D eigenvalue weighted by Gasteiger charge is -2.36. The summed E-state index contributed by atoms with van der Waals surface area (Å²) in [6, 6.07) is 23.3. The van der Waals surface area contributed by atoms with Crippen molar-refractivity contribution in [2.75, 3.05) is 44.2 Å². The number of nitrogens with zero attached hydrogens (tertiary/aromatic N) is 3. The fraction of sp³-hybridized carbons (Fsp3) is 0.344. The minimum atomic E-state index is -4.09. The molecule has 2 aliphatic rings. The number of rotatable bonds is 13. The van der Waals surface area contributed by atoms with Gasteiger partial charge in [-0.3, -0.25) is 23.2 Å². The van der Waals surface area contributed by atoms with E-state index in [1.165, 1.54) is 13.0 Å². The third-order valence-electron chi connectivity index (χ3n) is 7.38. The molecule has 1 N–H and O–H groups in total. The van der Waals surface area contributed by atoms with Crippen LogP contribution in [-0.4, -0.2) is 67.9 Å². The van der Waals surface area contributed by atoms with Gasteiger partial charge in [-0.25, -0.2) is 8.96 Å². The Labute approximate surface area is 261 Å². The van der Waals surface area contributed by atoms with Gasteiger partial charge in [-0.15, -0.1) is 0 Å². The predicted octanol–water partition coefficient (Wildman–Crippen LogP) is 4.66. The van der Waals surface area contributed by atoms with E-state index >= 15 is 4.39 Å². The van der Waals surface area contributed by atoms with Gasteiger partial charge in [0.1, 0.15) is 18.5 Å². The number of oxime groups is 1. The zero-order valence-corrected chi connectivity index (χ0v) is 25.9. The van der Waals surface area contributed by atoms with Crippen molar-refractivity contribution in [1.82, 2.24) is 10.2 Å². The van der Waals surface area contributed by atoms with Crippen LogP contribution in [0, 0.1) is 5.82 Å². The first-order valence-electron chi connectivity index (χ1n) is 14.7. The van der Waals surface area contributed by atoms with Crippen LogP contribution < -0.4 is 10.2 Å². The van der Waals surface area contributed by atoms with E-state index in [4.69, 9.17) is 18.4 Å². The van der Waals surface area contributed by atoms with Crippen molar-refractivity contribution < 1.29 is 37.0 Å². The maximum Gasteiger partial charge on any atom is 0.475 e. The number of hydrogen-bond acceptors (Lipinski definition) is 9. The highest BCUT2D eigenvalue weighted by atomic mass is 31.2. The highest BCUT2D eigenvalue weighted by molar-refractivity contribution is 7.48. The molecule has 2 heterocycles. The number of anilines is 1. The second-order valence-corrected chi connectivity index (χ2v) is 12.3. The predicted molar refractivity (Wildman–Crippen MR) is 166 cm³/mol. The fourth-order valence-corrected chi connectivity index (χ4v) is 6.01. The first kappa shape index (κ1) is 32.3. The Balaban J connectivity index is 1.12. The lowest BCUT2D eigenvalue weighted by atomic mass is 10.0. The average Bonchev–Trinajstić information content (AvgIpc) is 3.55. The highest BCUT2D eigenvalue weighted by Gasteiger charge is 2.31. The third-order valence-corrected chi connectivity index (χ3v) is 8.71. The molecule has 0 bridgehead atoms. The summed E-state index contributed by atoms with van der Waals surface area (Å²) in [4.78, 5) is 33.0. The van der Waals surface area contributed by atoms with E-state index in [-0.39, 0.29) is 31.1 Å². The van der Waals surface area contributed by atoms with Crippen molar-refractivity contribution >= 4 is 31.0 Å². The van der Waals surface area contributed by atoms with Crippen molar-refractivity contribution in [1.29, 1.82) is 0 Å². The lowest BCUT2D eigenvalue weighted by molar-refractivity contribution is -0.134. The molecule has 1 unspecified atom stereocenters. The van der Waals surface area contributed by atoms with Gasteiger partial charge < -0.3 is 20.0 Å². The Kier molecular flexibility index (Phi) is 11.0. The van der Waals surface area contributed by atoms with Gasteiger partial charge in [-0.1, -0.05) is 71.9 Å². The minimum Gasteiger partial charge on any atom is -0.390 e. The molecule has 2 aliphatic heterocycles. The number of nitrogens with one attached hydrogen (secondary N) is 1. The third kappa shape index (κ3) is 9.21. The van der Waals surface area contributed by atoms with E-state index in [9.17, 15) is 14.2 Å². The van der Waals surface area contributed by atoms with E-state index in [0.717, 1.165) is 11.1 Å². The Morgan fingerprint density at radius 1 is 0.933 bits per heavy atom. The van der Waals surface area contributed by atoms with Crippen LogP contribution in [-0.2, 0) is 45.8 Å². The molecule has 45 heavy (non-hydrogen) atoms. The summed E-state index contributed by atoms with van der Waals surface area (Å²) in [6.45, 7) is 2.70. The number of halogens is 1. The maximum atomic E-state index is 15.2. The standard InChI is InChI=1S/C32H36FN4O7P/c1-24(38)34-20-28-19-30(35-44-28)27-12-13-31(29(33)18-27)36-14-16-37(17-15-36)32(39)23-43-45(40,41-21-25-8-4-2-5-9-25)42-22-26-10-6-3-7-11-26/h2-13,18,28H,14-17,19-23H2,1H3,(H,34,38). The molecule has 1 atom stereocenters. The van der Waals surface area contributed by atoms with Crippen molar-refractivity contribution in [3.63, 3.8) is 0 Å². The normalized spacial score (nSPS) is 16.7. The van der Waals surface area contributed by atoms with Crippen LogP contribution in [0.5, 0.6) is 0 Å². The number of carbonyl (C=O) groups excluding carboxylic acids is 2. The Hall–Kier alpha value is -4.09. The van der Waals surface area contributed by atoms with E-state index in [1.807, 2.05) is 65.6 Å². The molecule has 11 nitrogen and oxygen atoms in total. The topological polar surface area (TPSA) is 119 Å². The van der Waals surface area contributed by atoms with Gasteiger partial charge in [0.2, 0.25) is 11.8 Å². The van der Waals surface area contributed by atoms with Crippen LogP contribution in [0.4, 0.5) is 10.1 Å². The number of hydrogen-bond donors (Lipinski definition) is 1. The Morgan fingerprint density at radius 2 is 1.56 bits per heavy atom. The van der Waals surface area contributed by atoms with Gasteiger partial charge in [0.15, 0.2) is 0 Å². The summed E-state index contributed by atoms with van der Waals surface area (Å²) in [5, 5.41) is 6.75.